The maximum absolute atomic E-state index is 4.40. The van der Waals surface area contributed by atoms with E-state index in [9.17, 15) is 0 Å². The number of rotatable bonds is 8. The summed E-state index contributed by atoms with van der Waals surface area (Å²) < 4.78 is 0. The zero-order valence-electron chi connectivity index (χ0n) is 16.9. The molecule has 1 fully saturated rings. The summed E-state index contributed by atoms with van der Waals surface area (Å²) in [7, 11) is 0. The Morgan fingerprint density at radius 2 is 1.81 bits per heavy atom. The molecule has 1 aliphatic carbocycles. The molecule has 0 spiro atoms. The van der Waals surface area contributed by atoms with Crippen molar-refractivity contribution in [3.05, 3.63) is 34.9 Å². The van der Waals surface area contributed by atoms with Crippen LogP contribution >= 0.6 is 0 Å². The van der Waals surface area contributed by atoms with E-state index >= 15 is 0 Å². The van der Waals surface area contributed by atoms with Crippen molar-refractivity contribution < 1.29 is 0 Å². The lowest BCUT2D eigenvalue weighted by Gasteiger charge is -2.24. The molecule has 0 amide bonds. The van der Waals surface area contributed by atoms with Crippen LogP contribution in [0.5, 0.6) is 0 Å². The molecule has 0 aromatic heterocycles. The van der Waals surface area contributed by atoms with Crippen LogP contribution in [0.25, 0.3) is 5.57 Å². The minimum atomic E-state index is 0.633. The summed E-state index contributed by atoms with van der Waals surface area (Å²) in [5.41, 5.74) is 7.04. The Hall–Kier alpha value is -1.41. The van der Waals surface area contributed by atoms with Gasteiger partial charge in [-0.3, -0.25) is 4.99 Å². The van der Waals surface area contributed by atoms with Gasteiger partial charge in [-0.15, -0.1) is 0 Å². The average molecular weight is 353 g/mol. The van der Waals surface area contributed by atoms with Gasteiger partial charge in [0.05, 0.1) is 5.69 Å². The van der Waals surface area contributed by atoms with Crippen molar-refractivity contribution in [2.45, 2.75) is 71.6 Å². The van der Waals surface area contributed by atoms with E-state index in [4.69, 9.17) is 0 Å². The number of hydrogen-bond donors (Lipinski definition) is 0. The van der Waals surface area contributed by atoms with Gasteiger partial charge in [0.1, 0.15) is 0 Å². The molecule has 2 heteroatoms. The highest BCUT2D eigenvalue weighted by Gasteiger charge is 2.19. The molecule has 0 atom stereocenters. The molecule has 0 saturated carbocycles. The van der Waals surface area contributed by atoms with Crippen LogP contribution in [0.4, 0.5) is 5.69 Å². The molecule has 142 valence electrons. The molecule has 1 aromatic carbocycles. The number of allylic oxidation sites excluding steroid dienone is 2. The Morgan fingerprint density at radius 1 is 1.04 bits per heavy atom. The standard InChI is InChI=1S/C24H36N2/c1-19(2)21-11-4-5-12-22(21)23-14-13-20(18-24(23)25-3)10-6-7-15-26-16-8-9-17-26/h13-14,18-19H,3-12,15-17H2,1-2H3. The Kier molecular flexibility index (Phi) is 7.07. The lowest BCUT2D eigenvalue weighted by atomic mass is 9.81. The van der Waals surface area contributed by atoms with Crippen LogP contribution in [0.15, 0.2) is 28.8 Å². The van der Waals surface area contributed by atoms with E-state index in [1.807, 2.05) is 0 Å². The van der Waals surface area contributed by atoms with E-state index in [1.165, 1.54) is 82.1 Å². The molecular weight excluding hydrogens is 316 g/mol. The first-order valence-electron chi connectivity index (χ1n) is 10.7. The fourth-order valence-electron chi connectivity index (χ4n) is 4.66. The van der Waals surface area contributed by atoms with Crippen molar-refractivity contribution in [1.82, 2.24) is 4.90 Å². The number of aryl methyl sites for hydroxylation is 1. The van der Waals surface area contributed by atoms with Gasteiger partial charge in [-0.1, -0.05) is 31.6 Å². The quantitative estimate of drug-likeness (QED) is 0.389. The molecule has 1 aliphatic heterocycles. The second-order valence-electron chi connectivity index (χ2n) is 8.38. The van der Waals surface area contributed by atoms with Crippen LogP contribution in [0.3, 0.4) is 0 Å². The van der Waals surface area contributed by atoms with Crippen molar-refractivity contribution in [1.29, 1.82) is 0 Å². The first-order chi connectivity index (χ1) is 12.7. The Morgan fingerprint density at radius 3 is 2.54 bits per heavy atom. The summed E-state index contributed by atoms with van der Waals surface area (Å²) in [5.74, 6) is 0.633. The third-order valence-corrected chi connectivity index (χ3v) is 6.15. The monoisotopic (exact) mass is 352 g/mol. The van der Waals surface area contributed by atoms with Crippen LogP contribution in [0.2, 0.25) is 0 Å². The van der Waals surface area contributed by atoms with E-state index in [2.05, 4.69) is 48.7 Å². The molecule has 3 rings (SSSR count). The normalized spacial score (nSPS) is 18.7. The van der Waals surface area contributed by atoms with Crippen molar-refractivity contribution in [3.63, 3.8) is 0 Å². The molecule has 2 aliphatic rings. The van der Waals surface area contributed by atoms with E-state index in [0.29, 0.717) is 5.92 Å². The minimum absolute atomic E-state index is 0.633. The third-order valence-electron chi connectivity index (χ3n) is 6.15. The van der Waals surface area contributed by atoms with Crippen LogP contribution in [-0.4, -0.2) is 31.3 Å². The molecular formula is C24H36N2. The van der Waals surface area contributed by atoms with Crippen molar-refractivity contribution in [2.75, 3.05) is 19.6 Å². The van der Waals surface area contributed by atoms with Gasteiger partial charge in [0.2, 0.25) is 0 Å². The lowest BCUT2D eigenvalue weighted by molar-refractivity contribution is 0.330. The Bertz CT molecular complexity index is 636. The van der Waals surface area contributed by atoms with Crippen molar-refractivity contribution in [3.8, 4) is 0 Å². The molecule has 0 unspecified atom stereocenters. The molecule has 1 heterocycles. The summed E-state index contributed by atoms with van der Waals surface area (Å²) in [5, 5.41) is 0. The number of benzene rings is 1. The van der Waals surface area contributed by atoms with Crippen LogP contribution < -0.4 is 0 Å². The van der Waals surface area contributed by atoms with Gasteiger partial charge in [0.15, 0.2) is 0 Å². The molecule has 0 bridgehead atoms. The highest BCUT2D eigenvalue weighted by atomic mass is 15.1. The highest BCUT2D eigenvalue weighted by molar-refractivity contribution is 5.78. The topological polar surface area (TPSA) is 15.6 Å². The van der Waals surface area contributed by atoms with Gasteiger partial charge >= 0.3 is 0 Å². The van der Waals surface area contributed by atoms with Crippen LogP contribution in [-0.2, 0) is 6.42 Å². The van der Waals surface area contributed by atoms with Crippen LogP contribution in [0, 0.1) is 5.92 Å². The van der Waals surface area contributed by atoms with Gasteiger partial charge < -0.3 is 4.90 Å². The van der Waals surface area contributed by atoms with Gasteiger partial charge in [0.25, 0.3) is 0 Å². The average Bonchev–Trinajstić information content (AvgIpc) is 3.18. The van der Waals surface area contributed by atoms with Gasteiger partial charge in [-0.05, 0) is 107 Å². The maximum Gasteiger partial charge on any atom is 0.0700 e. The maximum atomic E-state index is 4.40. The highest BCUT2D eigenvalue weighted by Crippen LogP contribution is 2.40. The summed E-state index contributed by atoms with van der Waals surface area (Å²) in [6.07, 6.45) is 11.6. The first kappa shape index (κ1) is 19.4. The van der Waals surface area contributed by atoms with E-state index in [0.717, 1.165) is 12.1 Å². The number of unbranched alkanes of at least 4 members (excludes halogenated alkanes) is 1. The number of nitrogens with zero attached hydrogens (tertiary/aromatic N) is 2. The minimum Gasteiger partial charge on any atom is -0.303 e. The molecule has 0 radical (unpaired) electrons. The van der Waals surface area contributed by atoms with E-state index < -0.39 is 0 Å². The lowest BCUT2D eigenvalue weighted by Crippen LogP contribution is -2.20. The Balaban J connectivity index is 1.66. The third kappa shape index (κ3) is 4.85. The fraction of sp³-hybridized carbons (Fsp3) is 0.625. The summed E-state index contributed by atoms with van der Waals surface area (Å²) in [6, 6.07) is 6.94. The Labute approximate surface area is 160 Å². The number of aliphatic imine (C=N–C) groups is 1. The first-order valence-corrected chi connectivity index (χ1v) is 10.7. The second kappa shape index (κ2) is 9.50. The summed E-state index contributed by atoms with van der Waals surface area (Å²) in [4.78, 5) is 7.01. The summed E-state index contributed by atoms with van der Waals surface area (Å²) in [6.45, 7) is 12.4. The van der Waals surface area contributed by atoms with E-state index in [-0.39, 0.29) is 0 Å². The van der Waals surface area contributed by atoms with E-state index in [1.54, 1.807) is 11.1 Å². The van der Waals surface area contributed by atoms with Gasteiger partial charge in [0, 0.05) is 5.56 Å². The predicted octanol–water partition coefficient (Wildman–Crippen LogP) is 6.42. The zero-order valence-corrected chi connectivity index (χ0v) is 16.9. The number of likely N-dealkylation sites (tertiary alicyclic amines) is 1. The zero-order chi connectivity index (χ0) is 18.4. The molecule has 0 N–H and O–H groups in total. The molecule has 26 heavy (non-hydrogen) atoms. The predicted molar refractivity (Wildman–Crippen MR) is 114 cm³/mol. The van der Waals surface area contributed by atoms with Gasteiger partial charge in [-0.25, -0.2) is 0 Å². The smallest absolute Gasteiger partial charge is 0.0700 e. The van der Waals surface area contributed by atoms with Crippen molar-refractivity contribution in [2.24, 2.45) is 10.9 Å². The fourth-order valence-corrected chi connectivity index (χ4v) is 4.66. The SMILES string of the molecule is C=Nc1cc(CCCCN2CCCC2)ccc1C1=C(C(C)C)CCCC1. The summed E-state index contributed by atoms with van der Waals surface area (Å²) >= 11 is 0. The molecule has 1 saturated heterocycles. The number of hydrogen-bond acceptors (Lipinski definition) is 2. The molecule has 2 nitrogen and oxygen atoms in total. The van der Waals surface area contributed by atoms with Crippen molar-refractivity contribution >= 4 is 18.0 Å². The largest absolute Gasteiger partial charge is 0.303 e. The second-order valence-corrected chi connectivity index (χ2v) is 8.38. The van der Waals surface area contributed by atoms with Gasteiger partial charge in [-0.2, -0.15) is 0 Å². The molecule has 1 aromatic rings. The van der Waals surface area contributed by atoms with Crippen LogP contribution in [0.1, 0.15) is 76.3 Å².